The van der Waals surface area contributed by atoms with Gasteiger partial charge in [-0.2, -0.15) is 5.10 Å². The number of hydrogen-bond acceptors (Lipinski definition) is 4. The smallest absolute Gasteiger partial charge is 0.274 e. The van der Waals surface area contributed by atoms with E-state index in [1.54, 1.807) is 18.2 Å². The zero-order valence-electron chi connectivity index (χ0n) is 15.7. The van der Waals surface area contributed by atoms with E-state index < -0.39 is 0 Å². The number of likely N-dealkylation sites (N-methyl/N-ethyl adjacent to an activating group) is 1. The maximum atomic E-state index is 13.0. The van der Waals surface area contributed by atoms with E-state index in [1.807, 2.05) is 23.9 Å². The highest BCUT2D eigenvalue weighted by atomic mass is 16.3. The van der Waals surface area contributed by atoms with E-state index in [2.05, 4.69) is 23.8 Å². The summed E-state index contributed by atoms with van der Waals surface area (Å²) >= 11 is 0. The Balaban J connectivity index is 1.82. The third-order valence-electron chi connectivity index (χ3n) is 5.28. The SMILES string of the molecule is CCN(CC)[C@H]1CCc2c(c(C(=O)N(C)Cc3ccco3)nn2C)C1. The fourth-order valence-electron chi connectivity index (χ4n) is 3.88. The first kappa shape index (κ1) is 17.7. The van der Waals surface area contributed by atoms with E-state index in [0.717, 1.165) is 43.7 Å². The van der Waals surface area contributed by atoms with Gasteiger partial charge in [-0.25, -0.2) is 0 Å². The second-order valence-corrected chi connectivity index (χ2v) is 6.76. The Bertz CT molecular complexity index is 716. The fraction of sp³-hybridized carbons (Fsp3) is 0.579. The summed E-state index contributed by atoms with van der Waals surface area (Å²) in [5.41, 5.74) is 2.93. The van der Waals surface area contributed by atoms with Crippen LogP contribution in [-0.2, 0) is 26.4 Å². The standard InChI is InChI=1S/C19H28N4O2/c1-5-23(6-2)14-9-10-17-16(12-14)18(20-22(17)4)19(24)21(3)13-15-8-7-11-25-15/h7-8,11,14H,5-6,9-10,12-13H2,1-4H3/t14-/m0/s1. The highest BCUT2D eigenvalue weighted by molar-refractivity contribution is 5.94. The van der Waals surface area contributed by atoms with Crippen LogP contribution in [0.5, 0.6) is 0 Å². The quantitative estimate of drug-likeness (QED) is 0.808. The van der Waals surface area contributed by atoms with Gasteiger partial charge in [0.2, 0.25) is 0 Å². The van der Waals surface area contributed by atoms with Crippen molar-refractivity contribution in [3.63, 3.8) is 0 Å². The molecule has 1 atom stereocenters. The van der Waals surface area contributed by atoms with Crippen LogP contribution in [0.4, 0.5) is 0 Å². The Kier molecular flexibility index (Phi) is 5.27. The molecule has 25 heavy (non-hydrogen) atoms. The van der Waals surface area contributed by atoms with Crippen molar-refractivity contribution < 1.29 is 9.21 Å². The number of nitrogens with zero attached hydrogens (tertiary/aromatic N) is 4. The molecular weight excluding hydrogens is 316 g/mol. The highest BCUT2D eigenvalue weighted by Crippen LogP contribution is 2.28. The molecule has 0 aliphatic heterocycles. The van der Waals surface area contributed by atoms with Crippen LogP contribution in [0.3, 0.4) is 0 Å². The highest BCUT2D eigenvalue weighted by Gasteiger charge is 2.31. The van der Waals surface area contributed by atoms with Crippen LogP contribution in [0.25, 0.3) is 0 Å². The Morgan fingerprint density at radius 2 is 2.16 bits per heavy atom. The first-order valence-corrected chi connectivity index (χ1v) is 9.11. The Labute approximate surface area is 149 Å². The van der Waals surface area contributed by atoms with Gasteiger partial charge < -0.3 is 14.2 Å². The third kappa shape index (κ3) is 3.49. The molecule has 2 aromatic rings. The van der Waals surface area contributed by atoms with E-state index in [4.69, 9.17) is 4.42 Å². The summed E-state index contributed by atoms with van der Waals surface area (Å²) in [5.74, 6) is 0.745. The van der Waals surface area contributed by atoms with Crippen molar-refractivity contribution in [2.45, 2.75) is 45.7 Å². The molecule has 2 heterocycles. The topological polar surface area (TPSA) is 54.5 Å². The average Bonchev–Trinajstić information content (AvgIpc) is 3.23. The lowest BCUT2D eigenvalue weighted by Crippen LogP contribution is -2.39. The zero-order chi connectivity index (χ0) is 18.0. The van der Waals surface area contributed by atoms with Crippen LogP contribution in [0, 0.1) is 0 Å². The third-order valence-corrected chi connectivity index (χ3v) is 5.28. The van der Waals surface area contributed by atoms with Crippen molar-refractivity contribution in [2.75, 3.05) is 20.1 Å². The van der Waals surface area contributed by atoms with E-state index >= 15 is 0 Å². The van der Waals surface area contributed by atoms with Gasteiger partial charge in [-0.3, -0.25) is 9.48 Å². The minimum atomic E-state index is -0.0338. The van der Waals surface area contributed by atoms with Gasteiger partial charge >= 0.3 is 0 Å². The largest absolute Gasteiger partial charge is 0.467 e. The molecule has 0 radical (unpaired) electrons. The zero-order valence-corrected chi connectivity index (χ0v) is 15.7. The summed E-state index contributed by atoms with van der Waals surface area (Å²) in [4.78, 5) is 17.1. The van der Waals surface area contributed by atoms with Crippen LogP contribution in [0.2, 0.25) is 0 Å². The molecule has 0 fully saturated rings. The van der Waals surface area contributed by atoms with Gasteiger partial charge in [0.1, 0.15) is 5.76 Å². The van der Waals surface area contributed by atoms with E-state index in [9.17, 15) is 4.79 Å². The molecule has 0 bridgehead atoms. The summed E-state index contributed by atoms with van der Waals surface area (Å²) in [6.45, 7) is 6.93. The molecular formula is C19H28N4O2. The summed E-state index contributed by atoms with van der Waals surface area (Å²) in [7, 11) is 3.75. The van der Waals surface area contributed by atoms with E-state index in [-0.39, 0.29) is 5.91 Å². The van der Waals surface area contributed by atoms with Gasteiger partial charge in [-0.05, 0) is 44.5 Å². The lowest BCUT2D eigenvalue weighted by Gasteiger charge is -2.33. The van der Waals surface area contributed by atoms with Gasteiger partial charge in [-0.15, -0.1) is 0 Å². The summed E-state index contributed by atoms with van der Waals surface area (Å²) in [6, 6.07) is 4.22. The number of carbonyl (C=O) groups is 1. The second-order valence-electron chi connectivity index (χ2n) is 6.76. The van der Waals surface area contributed by atoms with Gasteiger partial charge in [0.25, 0.3) is 5.91 Å². The van der Waals surface area contributed by atoms with Crippen LogP contribution >= 0.6 is 0 Å². The number of amides is 1. The molecule has 0 aromatic carbocycles. The number of furan rings is 1. The number of fused-ring (bicyclic) bond motifs is 1. The molecule has 0 N–H and O–H groups in total. The van der Waals surface area contributed by atoms with Crippen molar-refractivity contribution in [3.05, 3.63) is 41.1 Å². The maximum Gasteiger partial charge on any atom is 0.274 e. The summed E-state index contributed by atoms with van der Waals surface area (Å²) < 4.78 is 7.25. The summed E-state index contributed by atoms with van der Waals surface area (Å²) in [5, 5.41) is 4.56. The number of aromatic nitrogens is 2. The number of carbonyl (C=O) groups excluding carboxylic acids is 1. The van der Waals surface area contributed by atoms with Gasteiger partial charge in [0, 0.05) is 31.4 Å². The first-order chi connectivity index (χ1) is 12.0. The van der Waals surface area contributed by atoms with Crippen LogP contribution in [0.15, 0.2) is 22.8 Å². The van der Waals surface area contributed by atoms with E-state index in [1.165, 1.54) is 5.69 Å². The number of rotatable bonds is 6. The van der Waals surface area contributed by atoms with Crippen molar-refractivity contribution in [2.24, 2.45) is 7.05 Å². The van der Waals surface area contributed by atoms with Crippen molar-refractivity contribution in [1.29, 1.82) is 0 Å². The van der Waals surface area contributed by atoms with Crippen molar-refractivity contribution in [3.8, 4) is 0 Å². The monoisotopic (exact) mass is 344 g/mol. The van der Waals surface area contributed by atoms with Crippen molar-refractivity contribution in [1.82, 2.24) is 19.6 Å². The van der Waals surface area contributed by atoms with Gasteiger partial charge in [-0.1, -0.05) is 13.8 Å². The Morgan fingerprint density at radius 3 is 2.80 bits per heavy atom. The second kappa shape index (κ2) is 7.44. The molecule has 6 nitrogen and oxygen atoms in total. The first-order valence-electron chi connectivity index (χ1n) is 9.11. The molecule has 2 aromatic heterocycles. The minimum absolute atomic E-state index is 0.0338. The molecule has 6 heteroatoms. The minimum Gasteiger partial charge on any atom is -0.467 e. The molecule has 1 aliphatic rings. The summed E-state index contributed by atoms with van der Waals surface area (Å²) in [6.07, 6.45) is 4.64. The fourth-order valence-corrected chi connectivity index (χ4v) is 3.88. The van der Waals surface area contributed by atoms with Crippen LogP contribution < -0.4 is 0 Å². The van der Waals surface area contributed by atoms with Crippen LogP contribution in [0.1, 0.15) is 47.8 Å². The molecule has 136 valence electrons. The normalized spacial score (nSPS) is 16.9. The number of hydrogen-bond donors (Lipinski definition) is 0. The van der Waals surface area contributed by atoms with Crippen LogP contribution in [-0.4, -0.2) is 51.7 Å². The lowest BCUT2D eigenvalue weighted by molar-refractivity contribution is 0.0767. The Morgan fingerprint density at radius 1 is 1.40 bits per heavy atom. The molecule has 3 rings (SSSR count). The molecule has 0 saturated carbocycles. The molecule has 0 spiro atoms. The molecule has 1 amide bonds. The van der Waals surface area contributed by atoms with Gasteiger partial charge in [0.05, 0.1) is 12.8 Å². The number of aryl methyl sites for hydroxylation is 1. The molecule has 0 saturated heterocycles. The van der Waals surface area contributed by atoms with Gasteiger partial charge in [0.15, 0.2) is 5.69 Å². The predicted molar refractivity (Wildman–Crippen MR) is 96.4 cm³/mol. The Hall–Kier alpha value is -2.08. The lowest BCUT2D eigenvalue weighted by atomic mass is 9.90. The molecule has 0 unspecified atom stereocenters. The molecule has 1 aliphatic carbocycles. The van der Waals surface area contributed by atoms with Crippen molar-refractivity contribution >= 4 is 5.91 Å². The predicted octanol–water partition coefficient (Wildman–Crippen LogP) is 2.48. The maximum absolute atomic E-state index is 13.0. The average molecular weight is 344 g/mol. The van der Waals surface area contributed by atoms with E-state index in [0.29, 0.717) is 18.3 Å².